The third-order valence-corrected chi connectivity index (χ3v) is 5.97. The normalized spacial score (nSPS) is 22.2. The van der Waals surface area contributed by atoms with E-state index < -0.39 is 10.0 Å². The van der Waals surface area contributed by atoms with E-state index in [1.54, 1.807) is 6.07 Å². The van der Waals surface area contributed by atoms with Gasteiger partial charge in [0.05, 0.1) is 4.90 Å². The molecule has 1 atom stereocenters. The van der Waals surface area contributed by atoms with Gasteiger partial charge in [0.2, 0.25) is 10.0 Å². The van der Waals surface area contributed by atoms with Crippen LogP contribution >= 0.6 is 0 Å². The Morgan fingerprint density at radius 3 is 2.71 bits per heavy atom. The molecule has 0 radical (unpaired) electrons. The number of rotatable bonds is 4. The van der Waals surface area contributed by atoms with E-state index in [0.717, 1.165) is 36.8 Å². The zero-order valence-corrected chi connectivity index (χ0v) is 14.0. The zero-order chi connectivity index (χ0) is 15.7. The number of hydrogen-bond donors (Lipinski definition) is 2. The Labute approximate surface area is 128 Å². The van der Waals surface area contributed by atoms with E-state index in [9.17, 15) is 8.42 Å². The molecule has 1 fully saturated rings. The van der Waals surface area contributed by atoms with Crippen LogP contribution in [0.3, 0.4) is 0 Å². The van der Waals surface area contributed by atoms with Crippen molar-refractivity contribution in [1.29, 1.82) is 0 Å². The minimum absolute atomic E-state index is 0.0275. The summed E-state index contributed by atoms with van der Waals surface area (Å²) in [5.41, 5.74) is 7.42. The lowest BCUT2D eigenvalue weighted by Gasteiger charge is -2.35. The van der Waals surface area contributed by atoms with Gasteiger partial charge in [0.25, 0.3) is 0 Å². The van der Waals surface area contributed by atoms with Crippen molar-refractivity contribution < 1.29 is 8.42 Å². The van der Waals surface area contributed by atoms with Gasteiger partial charge in [-0.05, 0) is 48.8 Å². The first-order valence-corrected chi connectivity index (χ1v) is 9.04. The molecule has 5 heteroatoms. The number of nitrogens with two attached hydrogens (primary N) is 1. The van der Waals surface area contributed by atoms with Crippen LogP contribution in [0.15, 0.2) is 23.1 Å². The second-order valence-electron chi connectivity index (χ2n) is 6.88. The first-order chi connectivity index (χ1) is 9.73. The molecule has 1 aromatic carbocycles. The smallest absolute Gasteiger partial charge is 0.241 e. The van der Waals surface area contributed by atoms with Crippen molar-refractivity contribution in [1.82, 2.24) is 4.72 Å². The molecule has 0 saturated heterocycles. The van der Waals surface area contributed by atoms with Crippen molar-refractivity contribution in [3.8, 4) is 0 Å². The monoisotopic (exact) mass is 310 g/mol. The predicted molar refractivity (Wildman–Crippen MR) is 85.4 cm³/mol. The molecule has 1 unspecified atom stereocenters. The van der Waals surface area contributed by atoms with Gasteiger partial charge in [0, 0.05) is 12.6 Å². The maximum absolute atomic E-state index is 12.6. The molecule has 0 bridgehead atoms. The summed E-state index contributed by atoms with van der Waals surface area (Å²) in [7, 11) is -3.48. The highest BCUT2D eigenvalue weighted by Gasteiger charge is 2.31. The quantitative estimate of drug-likeness (QED) is 0.898. The van der Waals surface area contributed by atoms with Crippen LogP contribution < -0.4 is 10.5 Å². The van der Waals surface area contributed by atoms with Gasteiger partial charge in [0.15, 0.2) is 0 Å². The third-order valence-electron chi connectivity index (χ3n) is 4.30. The molecule has 2 rings (SSSR count). The summed E-state index contributed by atoms with van der Waals surface area (Å²) in [4.78, 5) is 0.355. The molecule has 0 aromatic heterocycles. The van der Waals surface area contributed by atoms with E-state index in [2.05, 4.69) is 18.6 Å². The van der Waals surface area contributed by atoms with E-state index in [-0.39, 0.29) is 11.5 Å². The van der Waals surface area contributed by atoms with Crippen molar-refractivity contribution in [2.75, 3.05) is 0 Å². The summed E-state index contributed by atoms with van der Waals surface area (Å²) in [6.45, 7) is 6.57. The van der Waals surface area contributed by atoms with Crippen LogP contribution in [-0.2, 0) is 16.6 Å². The minimum Gasteiger partial charge on any atom is -0.326 e. The topological polar surface area (TPSA) is 72.2 Å². The minimum atomic E-state index is -3.48. The van der Waals surface area contributed by atoms with E-state index in [0.29, 0.717) is 11.4 Å². The van der Waals surface area contributed by atoms with Crippen molar-refractivity contribution in [2.45, 2.75) is 63.9 Å². The van der Waals surface area contributed by atoms with Crippen molar-refractivity contribution in [2.24, 2.45) is 11.1 Å². The van der Waals surface area contributed by atoms with Crippen molar-refractivity contribution in [3.05, 3.63) is 29.3 Å². The fourth-order valence-corrected chi connectivity index (χ4v) is 4.71. The molecule has 21 heavy (non-hydrogen) atoms. The van der Waals surface area contributed by atoms with Gasteiger partial charge in [-0.3, -0.25) is 0 Å². The number of hydrogen-bond acceptors (Lipinski definition) is 3. The Morgan fingerprint density at radius 2 is 2.10 bits per heavy atom. The van der Waals surface area contributed by atoms with Crippen molar-refractivity contribution >= 4 is 10.0 Å². The average Bonchev–Trinajstić information content (AvgIpc) is 2.37. The van der Waals surface area contributed by atoms with Crippen molar-refractivity contribution in [3.63, 3.8) is 0 Å². The summed E-state index contributed by atoms with van der Waals surface area (Å²) < 4.78 is 28.2. The molecule has 4 nitrogen and oxygen atoms in total. The number of sulfonamides is 1. The molecule has 0 aliphatic heterocycles. The highest BCUT2D eigenvalue weighted by atomic mass is 32.2. The van der Waals surface area contributed by atoms with Gasteiger partial charge in [-0.1, -0.05) is 32.4 Å². The molecule has 118 valence electrons. The maximum Gasteiger partial charge on any atom is 0.241 e. The molecular weight excluding hydrogens is 284 g/mol. The third kappa shape index (κ3) is 4.05. The molecule has 0 heterocycles. The van der Waals surface area contributed by atoms with Gasteiger partial charge < -0.3 is 5.73 Å². The van der Waals surface area contributed by atoms with Crippen LogP contribution in [0.5, 0.6) is 0 Å². The average molecular weight is 310 g/mol. The van der Waals surface area contributed by atoms with Crippen LogP contribution in [0, 0.1) is 12.3 Å². The predicted octanol–water partition coefficient (Wildman–Crippen LogP) is 2.70. The summed E-state index contributed by atoms with van der Waals surface area (Å²) in [5, 5.41) is 0. The number of benzene rings is 1. The Hall–Kier alpha value is -0.910. The van der Waals surface area contributed by atoms with Crippen LogP contribution in [0.4, 0.5) is 0 Å². The van der Waals surface area contributed by atoms with Crippen LogP contribution in [0.25, 0.3) is 0 Å². The summed E-state index contributed by atoms with van der Waals surface area (Å²) in [5.74, 6) is 0. The number of aryl methyl sites for hydroxylation is 1. The molecular formula is C16H26N2O2S. The molecule has 3 N–H and O–H groups in total. The molecule has 0 amide bonds. The lowest BCUT2D eigenvalue weighted by Crippen LogP contribution is -2.40. The molecule has 1 aliphatic carbocycles. The molecule has 0 spiro atoms. The van der Waals surface area contributed by atoms with Crippen LogP contribution in [0.2, 0.25) is 0 Å². The first-order valence-electron chi connectivity index (χ1n) is 7.55. The molecule has 1 aromatic rings. The van der Waals surface area contributed by atoms with E-state index in [1.165, 1.54) is 0 Å². The lowest BCUT2D eigenvalue weighted by atomic mass is 9.75. The van der Waals surface area contributed by atoms with Gasteiger partial charge in [0.1, 0.15) is 0 Å². The fourth-order valence-electron chi connectivity index (χ4n) is 3.14. The number of nitrogens with one attached hydrogen (secondary N) is 1. The summed E-state index contributed by atoms with van der Waals surface area (Å²) in [6.07, 6.45) is 4.04. The van der Waals surface area contributed by atoms with Gasteiger partial charge in [-0.2, -0.15) is 0 Å². The SMILES string of the molecule is Cc1ccc(CN)cc1S(=O)(=O)NC1CCCC(C)(C)C1. The Morgan fingerprint density at radius 1 is 1.38 bits per heavy atom. The van der Waals surface area contributed by atoms with E-state index in [4.69, 9.17) is 5.73 Å². The Bertz CT molecular complexity index is 609. The standard InChI is InChI=1S/C16H26N2O2S/c1-12-6-7-13(11-17)9-15(12)21(19,20)18-14-5-4-8-16(2,3)10-14/h6-7,9,14,18H,4-5,8,10-11,17H2,1-3H3. The summed E-state index contributed by atoms with van der Waals surface area (Å²) in [6, 6.07) is 5.41. The fraction of sp³-hybridized carbons (Fsp3) is 0.625. The van der Waals surface area contributed by atoms with E-state index in [1.807, 2.05) is 19.1 Å². The highest BCUT2D eigenvalue weighted by molar-refractivity contribution is 7.89. The van der Waals surface area contributed by atoms with Gasteiger partial charge in [-0.25, -0.2) is 13.1 Å². The van der Waals surface area contributed by atoms with E-state index >= 15 is 0 Å². The zero-order valence-electron chi connectivity index (χ0n) is 13.1. The second-order valence-corrected chi connectivity index (χ2v) is 8.57. The Kier molecular flexibility index (Phi) is 4.76. The van der Waals surface area contributed by atoms with Gasteiger partial charge in [-0.15, -0.1) is 0 Å². The molecule has 1 saturated carbocycles. The lowest BCUT2D eigenvalue weighted by molar-refractivity contribution is 0.212. The summed E-state index contributed by atoms with van der Waals surface area (Å²) >= 11 is 0. The van der Waals surface area contributed by atoms with Gasteiger partial charge >= 0.3 is 0 Å². The second kappa shape index (κ2) is 6.07. The first kappa shape index (κ1) is 16.5. The Balaban J connectivity index is 2.22. The largest absolute Gasteiger partial charge is 0.326 e. The van der Waals surface area contributed by atoms with Crippen LogP contribution in [-0.4, -0.2) is 14.5 Å². The molecule has 1 aliphatic rings. The maximum atomic E-state index is 12.6. The van der Waals surface area contributed by atoms with Crippen LogP contribution in [0.1, 0.15) is 50.7 Å². The highest BCUT2D eigenvalue weighted by Crippen LogP contribution is 2.35.